The lowest BCUT2D eigenvalue weighted by molar-refractivity contribution is 0.0821. The molecule has 3 heteroatoms. The van der Waals surface area contributed by atoms with Crippen LogP contribution in [0.3, 0.4) is 0 Å². The molecule has 2 aromatic carbocycles. The molecule has 0 aliphatic carbocycles. The van der Waals surface area contributed by atoms with E-state index in [4.69, 9.17) is 0 Å². The van der Waals surface area contributed by atoms with Crippen LogP contribution >= 0.6 is 0 Å². The van der Waals surface area contributed by atoms with Gasteiger partial charge in [-0.05, 0) is 69.5 Å². The third-order valence-corrected chi connectivity index (χ3v) is 5.40. The minimum Gasteiger partial charge on any atom is -0.307 e. The molecule has 0 atom stereocenters. The van der Waals surface area contributed by atoms with Gasteiger partial charge in [0, 0.05) is 22.8 Å². The summed E-state index contributed by atoms with van der Waals surface area (Å²) in [6.45, 7) is 9.22. The molecule has 2 aliphatic rings. The molecule has 0 amide bonds. The molecule has 26 heavy (non-hydrogen) atoms. The highest BCUT2D eigenvalue weighted by Gasteiger charge is 2.40. The van der Waals surface area contributed by atoms with E-state index in [2.05, 4.69) is 98.1 Å². The molecule has 2 aliphatic heterocycles. The molecular formula is C23H29N3. The Morgan fingerprint density at radius 3 is 2.35 bits per heavy atom. The minimum absolute atomic E-state index is 0.115. The van der Waals surface area contributed by atoms with Crippen LogP contribution in [0.25, 0.3) is 16.5 Å². The topological polar surface area (TPSA) is 27.3 Å². The first-order valence-electron chi connectivity index (χ1n) is 9.54. The summed E-state index contributed by atoms with van der Waals surface area (Å²) >= 11 is 0. The molecule has 0 bridgehead atoms. The van der Waals surface area contributed by atoms with Crippen molar-refractivity contribution in [2.24, 2.45) is 0 Å². The summed E-state index contributed by atoms with van der Waals surface area (Å²) in [7, 11) is 0. The summed E-state index contributed by atoms with van der Waals surface area (Å²) in [6, 6.07) is 15.7. The van der Waals surface area contributed by atoms with Crippen molar-refractivity contribution in [2.75, 3.05) is 0 Å². The summed E-state index contributed by atoms with van der Waals surface area (Å²) < 4.78 is 0. The van der Waals surface area contributed by atoms with E-state index in [0.29, 0.717) is 6.04 Å². The molecule has 2 heterocycles. The van der Waals surface area contributed by atoms with Gasteiger partial charge in [0.1, 0.15) is 0 Å². The van der Waals surface area contributed by atoms with Crippen molar-refractivity contribution in [1.82, 2.24) is 15.8 Å². The second kappa shape index (κ2) is 6.17. The maximum Gasteiger partial charge on any atom is 0.0648 e. The summed E-state index contributed by atoms with van der Waals surface area (Å²) in [6.07, 6.45) is 8.55. The van der Waals surface area contributed by atoms with Crippen molar-refractivity contribution in [2.45, 2.75) is 57.7 Å². The van der Waals surface area contributed by atoms with E-state index in [1.54, 1.807) is 0 Å². The Labute approximate surface area is 156 Å². The maximum absolute atomic E-state index is 3.79. The first-order valence-corrected chi connectivity index (χ1v) is 9.54. The van der Waals surface area contributed by atoms with Crippen LogP contribution < -0.4 is 10.7 Å². The minimum atomic E-state index is 0.115. The zero-order chi connectivity index (χ0) is 18.4. The number of hydrogen-bond acceptors (Lipinski definition) is 3. The van der Waals surface area contributed by atoms with Gasteiger partial charge in [-0.3, -0.25) is 5.01 Å². The lowest BCUT2D eigenvalue weighted by Crippen LogP contribution is -2.63. The third kappa shape index (κ3) is 3.36. The van der Waals surface area contributed by atoms with Crippen LogP contribution in [0.15, 0.2) is 60.8 Å². The number of fused-ring (bicyclic) bond motifs is 1. The second-order valence-corrected chi connectivity index (χ2v) is 8.93. The molecule has 0 spiro atoms. The standard InChI is InChI=1S/C23H29N3/c1-22(2)15-20(16-23(3,4)25-22)26-21(10-7-13-24-26)19-12-11-17-8-5-6-9-18(17)14-19/h5-14,20,24-25H,15-16H2,1-4H3. The van der Waals surface area contributed by atoms with Crippen LogP contribution in [-0.4, -0.2) is 22.1 Å². The SMILES string of the molecule is CC1(C)CC(N2NC=CC=C2c2ccc3ccccc3c2)CC(C)(C)N1. The highest BCUT2D eigenvalue weighted by molar-refractivity contribution is 5.86. The Kier molecular flexibility index (Phi) is 4.07. The van der Waals surface area contributed by atoms with Gasteiger partial charge in [0.2, 0.25) is 0 Å². The molecule has 3 nitrogen and oxygen atoms in total. The summed E-state index contributed by atoms with van der Waals surface area (Å²) in [5.74, 6) is 0. The smallest absolute Gasteiger partial charge is 0.0648 e. The number of nitrogens with zero attached hydrogens (tertiary/aromatic N) is 1. The normalized spacial score (nSPS) is 22.2. The highest BCUT2D eigenvalue weighted by Crippen LogP contribution is 2.35. The van der Waals surface area contributed by atoms with Gasteiger partial charge in [-0.25, -0.2) is 0 Å². The fraction of sp³-hybridized carbons (Fsp3) is 0.391. The number of benzene rings is 2. The van der Waals surface area contributed by atoms with Crippen LogP contribution in [0.1, 0.15) is 46.1 Å². The lowest BCUT2D eigenvalue weighted by atomic mass is 9.79. The van der Waals surface area contributed by atoms with Gasteiger partial charge in [0.15, 0.2) is 0 Å². The number of hydrogen-bond donors (Lipinski definition) is 2. The van der Waals surface area contributed by atoms with Gasteiger partial charge in [0.25, 0.3) is 0 Å². The van der Waals surface area contributed by atoms with Crippen molar-refractivity contribution < 1.29 is 0 Å². The van der Waals surface area contributed by atoms with Crippen molar-refractivity contribution in [3.8, 4) is 0 Å². The molecule has 4 rings (SSSR count). The molecule has 1 saturated heterocycles. The number of piperidine rings is 1. The third-order valence-electron chi connectivity index (χ3n) is 5.40. The summed E-state index contributed by atoms with van der Waals surface area (Å²) in [4.78, 5) is 0. The summed E-state index contributed by atoms with van der Waals surface area (Å²) in [5.41, 5.74) is 6.25. The van der Waals surface area contributed by atoms with Crippen LogP contribution in [0.5, 0.6) is 0 Å². The van der Waals surface area contributed by atoms with Crippen molar-refractivity contribution in [3.63, 3.8) is 0 Å². The van der Waals surface area contributed by atoms with Crippen molar-refractivity contribution in [3.05, 3.63) is 66.4 Å². The molecule has 2 aromatic rings. The molecule has 136 valence electrons. The molecular weight excluding hydrogens is 318 g/mol. The van der Waals surface area contributed by atoms with E-state index in [1.807, 2.05) is 6.20 Å². The molecule has 0 saturated carbocycles. The van der Waals surface area contributed by atoms with Gasteiger partial charge in [-0.15, -0.1) is 0 Å². The van der Waals surface area contributed by atoms with Gasteiger partial charge >= 0.3 is 0 Å². The number of rotatable bonds is 2. The van der Waals surface area contributed by atoms with E-state index >= 15 is 0 Å². The van der Waals surface area contributed by atoms with Crippen LogP contribution in [0, 0.1) is 0 Å². The lowest BCUT2D eigenvalue weighted by Gasteiger charge is -2.50. The first kappa shape index (κ1) is 17.2. The Bertz CT molecular complexity index is 860. The number of allylic oxidation sites excluding steroid dienone is 2. The second-order valence-electron chi connectivity index (χ2n) is 8.93. The van der Waals surface area contributed by atoms with E-state index in [0.717, 1.165) is 12.8 Å². The fourth-order valence-electron chi connectivity index (χ4n) is 4.75. The molecule has 0 unspecified atom stereocenters. The Morgan fingerprint density at radius 1 is 0.923 bits per heavy atom. The average Bonchev–Trinajstić information content (AvgIpc) is 2.59. The highest BCUT2D eigenvalue weighted by atomic mass is 15.5. The maximum atomic E-state index is 3.79. The van der Waals surface area contributed by atoms with Crippen LogP contribution in [0.2, 0.25) is 0 Å². The monoisotopic (exact) mass is 347 g/mol. The molecule has 0 radical (unpaired) electrons. The molecule has 2 N–H and O–H groups in total. The van der Waals surface area contributed by atoms with Crippen LogP contribution in [-0.2, 0) is 0 Å². The fourth-order valence-corrected chi connectivity index (χ4v) is 4.75. The predicted octanol–water partition coefficient (Wildman–Crippen LogP) is 4.82. The molecule has 0 aromatic heterocycles. The Balaban J connectivity index is 1.69. The quantitative estimate of drug-likeness (QED) is 0.815. The Hall–Kier alpha value is -2.26. The molecule has 1 fully saturated rings. The predicted molar refractivity (Wildman–Crippen MR) is 110 cm³/mol. The first-order chi connectivity index (χ1) is 12.3. The van der Waals surface area contributed by atoms with E-state index in [-0.39, 0.29) is 11.1 Å². The van der Waals surface area contributed by atoms with Crippen LogP contribution in [0.4, 0.5) is 0 Å². The number of nitrogens with one attached hydrogen (secondary N) is 2. The average molecular weight is 348 g/mol. The van der Waals surface area contributed by atoms with E-state index in [1.165, 1.54) is 22.0 Å². The van der Waals surface area contributed by atoms with Gasteiger partial charge in [-0.2, -0.15) is 0 Å². The van der Waals surface area contributed by atoms with E-state index in [9.17, 15) is 0 Å². The van der Waals surface area contributed by atoms with Crippen molar-refractivity contribution in [1.29, 1.82) is 0 Å². The van der Waals surface area contributed by atoms with Gasteiger partial charge in [0.05, 0.1) is 11.7 Å². The Morgan fingerprint density at radius 2 is 1.62 bits per heavy atom. The van der Waals surface area contributed by atoms with Gasteiger partial charge < -0.3 is 10.7 Å². The zero-order valence-electron chi connectivity index (χ0n) is 16.2. The van der Waals surface area contributed by atoms with Crippen molar-refractivity contribution >= 4 is 16.5 Å². The zero-order valence-corrected chi connectivity index (χ0v) is 16.2. The van der Waals surface area contributed by atoms with E-state index < -0.39 is 0 Å². The largest absolute Gasteiger partial charge is 0.307 e. The number of hydrazine groups is 1. The van der Waals surface area contributed by atoms with Gasteiger partial charge in [-0.1, -0.05) is 36.4 Å². The summed E-state index contributed by atoms with van der Waals surface area (Å²) in [5, 5.41) is 8.73.